The van der Waals surface area contributed by atoms with Crippen molar-refractivity contribution in [2.24, 2.45) is 0 Å². The monoisotopic (exact) mass is 232 g/mol. The summed E-state index contributed by atoms with van der Waals surface area (Å²) in [7, 11) is 0. The molecule has 0 spiro atoms. The van der Waals surface area contributed by atoms with Gasteiger partial charge in [0.05, 0.1) is 9.40 Å². The molecule has 1 aromatic carbocycles. The van der Waals surface area contributed by atoms with E-state index < -0.39 is 16.4 Å². The van der Waals surface area contributed by atoms with Gasteiger partial charge < -0.3 is 10.8 Å². The molecule has 0 aliphatic rings. The van der Waals surface area contributed by atoms with Gasteiger partial charge in [-0.1, -0.05) is 0 Å². The van der Waals surface area contributed by atoms with E-state index in [-0.39, 0.29) is 10.2 Å². The molecule has 1 rings (SSSR count). The van der Waals surface area contributed by atoms with Crippen LogP contribution < -0.4 is 5.73 Å². The highest BCUT2D eigenvalue weighted by Crippen LogP contribution is 2.37. The van der Waals surface area contributed by atoms with Gasteiger partial charge in [-0.15, -0.1) is 0 Å². The predicted octanol–water partition coefficient (Wildman–Crippen LogP) is 1.65. The number of nitro benzene ring substituents is 1. The molecule has 0 heterocycles. The summed E-state index contributed by atoms with van der Waals surface area (Å²) in [4.78, 5) is 9.61. The highest BCUT2D eigenvalue weighted by Gasteiger charge is 2.19. The zero-order valence-electron chi connectivity index (χ0n) is 5.82. The van der Waals surface area contributed by atoms with Crippen molar-refractivity contribution in [3.63, 3.8) is 0 Å². The van der Waals surface area contributed by atoms with Crippen LogP contribution in [0, 0.1) is 10.1 Å². The first-order valence-electron chi connectivity index (χ1n) is 2.95. The van der Waals surface area contributed by atoms with Gasteiger partial charge in [0, 0.05) is 0 Å². The average Bonchev–Trinajstić information content (AvgIpc) is 1.97. The third-order valence-corrected chi connectivity index (χ3v) is 1.96. The number of nitro groups is 1. The average molecular weight is 233 g/mol. The molecule has 0 unspecified atom stereocenters. The molecule has 0 aromatic heterocycles. The first kappa shape index (κ1) is 8.79. The Balaban J connectivity index is 3.43. The van der Waals surface area contributed by atoms with E-state index in [9.17, 15) is 15.2 Å². The molecule has 12 heavy (non-hydrogen) atoms. The van der Waals surface area contributed by atoms with Gasteiger partial charge >= 0.3 is 5.69 Å². The van der Waals surface area contributed by atoms with Crippen LogP contribution in [0.4, 0.5) is 11.4 Å². The van der Waals surface area contributed by atoms with Crippen molar-refractivity contribution < 1.29 is 10.0 Å². The molecule has 0 saturated heterocycles. The zero-order valence-corrected chi connectivity index (χ0v) is 7.41. The van der Waals surface area contributed by atoms with Crippen LogP contribution in [-0.2, 0) is 0 Å². The second kappa shape index (κ2) is 2.98. The van der Waals surface area contributed by atoms with Crippen LogP contribution in [0.5, 0.6) is 5.75 Å². The molecule has 0 atom stereocenters. The third kappa shape index (κ3) is 1.33. The van der Waals surface area contributed by atoms with Crippen molar-refractivity contribution in [1.82, 2.24) is 0 Å². The number of phenolic OH excluding ortho intramolecular Hbond substituents is 1. The number of phenols is 1. The van der Waals surface area contributed by atoms with Crippen molar-refractivity contribution in [2.45, 2.75) is 0 Å². The quantitative estimate of drug-likeness (QED) is 0.438. The summed E-state index contributed by atoms with van der Waals surface area (Å²) in [6, 6.07) is 2.79. The number of halogens is 1. The lowest BCUT2D eigenvalue weighted by Crippen LogP contribution is -1.95. The molecule has 0 fully saturated rings. The summed E-state index contributed by atoms with van der Waals surface area (Å²) in [5.74, 6) is -0.444. The molecule has 0 bridgehead atoms. The molecule has 3 N–H and O–H groups in total. The van der Waals surface area contributed by atoms with E-state index in [2.05, 4.69) is 15.9 Å². The molecule has 1 aromatic rings. The smallest absolute Gasteiger partial charge is 0.334 e. The molecule has 5 nitrogen and oxygen atoms in total. The van der Waals surface area contributed by atoms with Crippen LogP contribution in [0.15, 0.2) is 16.6 Å². The number of hydrogen-bond acceptors (Lipinski definition) is 4. The second-order valence-corrected chi connectivity index (χ2v) is 2.95. The molecular weight excluding hydrogens is 228 g/mol. The van der Waals surface area contributed by atoms with Crippen molar-refractivity contribution in [1.29, 1.82) is 0 Å². The maximum Gasteiger partial charge on any atom is 0.334 e. The fraction of sp³-hybridized carbons (Fsp3) is 0. The van der Waals surface area contributed by atoms with Gasteiger partial charge in [0.1, 0.15) is 5.69 Å². The lowest BCUT2D eigenvalue weighted by molar-refractivity contribution is -0.385. The number of benzene rings is 1. The Bertz CT molecular complexity index is 340. The van der Waals surface area contributed by atoms with Crippen LogP contribution >= 0.6 is 15.9 Å². The van der Waals surface area contributed by atoms with Gasteiger partial charge in [0.2, 0.25) is 5.75 Å². The minimum atomic E-state index is -0.727. The van der Waals surface area contributed by atoms with Crippen LogP contribution in [0.2, 0.25) is 0 Å². The number of nitrogen functional groups attached to an aromatic ring is 1. The molecule has 0 aliphatic carbocycles. The Hall–Kier alpha value is -1.30. The van der Waals surface area contributed by atoms with E-state index in [0.29, 0.717) is 0 Å². The van der Waals surface area contributed by atoms with E-state index in [1.165, 1.54) is 12.1 Å². The fourth-order valence-corrected chi connectivity index (χ4v) is 1.08. The minimum absolute atomic E-state index is 0.0549. The molecule has 6 heteroatoms. The Morgan fingerprint density at radius 1 is 1.58 bits per heavy atom. The van der Waals surface area contributed by atoms with Gasteiger partial charge in [0.15, 0.2) is 0 Å². The van der Waals surface area contributed by atoms with E-state index >= 15 is 0 Å². The van der Waals surface area contributed by atoms with Crippen LogP contribution in [-0.4, -0.2) is 10.0 Å². The van der Waals surface area contributed by atoms with Crippen LogP contribution in [0.1, 0.15) is 0 Å². The van der Waals surface area contributed by atoms with E-state index in [1.807, 2.05) is 0 Å². The van der Waals surface area contributed by atoms with Crippen molar-refractivity contribution >= 4 is 27.3 Å². The van der Waals surface area contributed by atoms with Crippen molar-refractivity contribution in [3.05, 3.63) is 26.7 Å². The number of hydrogen-bond donors (Lipinski definition) is 2. The number of nitrogens with zero attached hydrogens (tertiary/aromatic N) is 1. The van der Waals surface area contributed by atoms with Crippen molar-refractivity contribution in [2.75, 3.05) is 5.73 Å². The standard InChI is InChI=1S/C6H5BrN2O3/c7-3-1-2-4(8)5(6(3)10)9(11)12/h1-2,10H,8H2. The van der Waals surface area contributed by atoms with E-state index in [4.69, 9.17) is 5.73 Å². The Labute approximate surface area is 76.1 Å². The zero-order chi connectivity index (χ0) is 9.30. The van der Waals surface area contributed by atoms with Gasteiger partial charge in [-0.2, -0.15) is 0 Å². The van der Waals surface area contributed by atoms with E-state index in [0.717, 1.165) is 0 Å². The normalized spacial score (nSPS) is 9.75. The van der Waals surface area contributed by atoms with E-state index in [1.54, 1.807) is 0 Å². The molecule has 64 valence electrons. The first-order valence-corrected chi connectivity index (χ1v) is 3.74. The lowest BCUT2D eigenvalue weighted by Gasteiger charge is -2.00. The summed E-state index contributed by atoms with van der Waals surface area (Å²) >= 11 is 2.94. The predicted molar refractivity (Wildman–Crippen MR) is 46.9 cm³/mol. The van der Waals surface area contributed by atoms with Crippen LogP contribution in [0.3, 0.4) is 0 Å². The maximum absolute atomic E-state index is 10.3. The number of nitrogens with two attached hydrogens (primary N) is 1. The molecule has 0 amide bonds. The maximum atomic E-state index is 10.3. The second-order valence-electron chi connectivity index (χ2n) is 2.09. The Morgan fingerprint density at radius 2 is 2.17 bits per heavy atom. The Morgan fingerprint density at radius 3 is 2.58 bits per heavy atom. The molecule has 0 aliphatic heterocycles. The largest absolute Gasteiger partial charge is 0.501 e. The summed E-state index contributed by atoms with van der Waals surface area (Å²) in [5, 5.41) is 19.5. The number of anilines is 1. The molecule has 0 saturated carbocycles. The summed E-state index contributed by atoms with van der Waals surface area (Å²) in [5.41, 5.74) is 4.75. The summed E-state index contributed by atoms with van der Waals surface area (Å²) in [6.07, 6.45) is 0. The molecular formula is C6H5BrN2O3. The highest BCUT2D eigenvalue weighted by atomic mass is 79.9. The summed E-state index contributed by atoms with van der Waals surface area (Å²) < 4.78 is 0.253. The van der Waals surface area contributed by atoms with Crippen molar-refractivity contribution in [3.8, 4) is 5.75 Å². The lowest BCUT2D eigenvalue weighted by atomic mass is 10.2. The first-order chi connectivity index (χ1) is 5.54. The van der Waals surface area contributed by atoms with Gasteiger partial charge in [0.25, 0.3) is 0 Å². The third-order valence-electron chi connectivity index (χ3n) is 1.32. The summed E-state index contributed by atoms with van der Waals surface area (Å²) in [6.45, 7) is 0. The van der Waals surface area contributed by atoms with Gasteiger partial charge in [-0.05, 0) is 28.1 Å². The van der Waals surface area contributed by atoms with Gasteiger partial charge in [-0.25, -0.2) is 0 Å². The SMILES string of the molecule is Nc1ccc(Br)c(O)c1[N+](=O)[O-]. The number of aromatic hydroxyl groups is 1. The Kier molecular flexibility index (Phi) is 2.18. The highest BCUT2D eigenvalue weighted by molar-refractivity contribution is 9.10. The minimum Gasteiger partial charge on any atom is -0.501 e. The van der Waals surface area contributed by atoms with Gasteiger partial charge in [-0.3, -0.25) is 10.1 Å². The van der Waals surface area contributed by atoms with Crippen LogP contribution in [0.25, 0.3) is 0 Å². The molecule has 0 radical (unpaired) electrons. The number of rotatable bonds is 1. The fourth-order valence-electron chi connectivity index (χ4n) is 0.763. The topological polar surface area (TPSA) is 89.4 Å².